The molecule has 2 aliphatic carbocycles. The van der Waals surface area contributed by atoms with Crippen molar-refractivity contribution in [2.24, 2.45) is 22.7 Å². The highest BCUT2D eigenvalue weighted by Gasteiger charge is 2.30. The predicted octanol–water partition coefficient (Wildman–Crippen LogP) is 11.6. The Hall–Kier alpha value is -2.34. The molecule has 0 fully saturated rings. The molecule has 0 aliphatic heterocycles. The van der Waals surface area contributed by atoms with Crippen LogP contribution in [0.2, 0.25) is 0 Å². The lowest BCUT2D eigenvalue weighted by Gasteiger charge is -2.37. The maximum absolute atomic E-state index is 10.4. The molecule has 0 amide bonds. The van der Waals surface area contributed by atoms with Crippen molar-refractivity contribution in [3.8, 4) is 0 Å². The number of nitrogens with zero attached hydrogens (tertiary/aromatic N) is 2. The fraction of sp³-hybridized carbons (Fsp3) is 0.680. The Morgan fingerprint density at radius 1 is 0.567 bits per heavy atom. The topological polar surface area (TPSA) is 114 Å². The number of hydrogen-bond donors (Lipinski definition) is 0. The van der Waals surface area contributed by atoms with E-state index in [1.54, 1.807) is 46.6 Å². The van der Waals surface area contributed by atoms with Gasteiger partial charge in [-0.2, -0.15) is 0 Å². The normalized spacial score (nSPS) is 18.2. The van der Waals surface area contributed by atoms with Crippen LogP contribution in [0.25, 0.3) is 0 Å². The zero-order valence-corrected chi connectivity index (χ0v) is 41.9. The Labute approximate surface area is 368 Å². The molecule has 2 aromatic rings. The van der Waals surface area contributed by atoms with Crippen LogP contribution < -0.4 is 0 Å². The molecule has 0 aromatic heterocycles. The maximum atomic E-state index is 10.4. The lowest BCUT2D eigenvalue weighted by Crippen LogP contribution is -2.46. The summed E-state index contributed by atoms with van der Waals surface area (Å²) in [7, 11) is 1.34. The van der Waals surface area contributed by atoms with Crippen molar-refractivity contribution >= 4 is 20.2 Å². The van der Waals surface area contributed by atoms with Gasteiger partial charge in [0.1, 0.15) is 20.2 Å². The molecule has 2 aliphatic rings. The molecular weight excluding hydrogens is 789 g/mol. The second-order valence-corrected chi connectivity index (χ2v) is 24.0. The molecular formula is C50H84N2O6S2. The van der Waals surface area contributed by atoms with Gasteiger partial charge < -0.3 is 18.1 Å². The van der Waals surface area contributed by atoms with Gasteiger partial charge in [-0.05, 0) is 127 Å². The van der Waals surface area contributed by atoms with E-state index in [2.05, 4.69) is 83.6 Å². The number of aryl methyl sites for hydroxylation is 2. The van der Waals surface area contributed by atoms with Crippen molar-refractivity contribution < 1.29 is 34.9 Å². The molecule has 2 aromatic carbocycles. The van der Waals surface area contributed by atoms with Gasteiger partial charge in [0.15, 0.2) is 0 Å². The summed E-state index contributed by atoms with van der Waals surface area (Å²) in [6.07, 6.45) is 16.2. The van der Waals surface area contributed by atoms with Gasteiger partial charge in [0.2, 0.25) is 0 Å². The monoisotopic (exact) mass is 873 g/mol. The van der Waals surface area contributed by atoms with Gasteiger partial charge in [-0.1, -0.05) is 99.2 Å². The summed E-state index contributed by atoms with van der Waals surface area (Å²) in [5.41, 5.74) is 9.67. The van der Waals surface area contributed by atoms with Crippen LogP contribution in [-0.4, -0.2) is 89.3 Å². The standard InChI is InChI=1S/C36H70N2.2C7H8O3S/c1-29(19-21-33-31(3)17-15-23-35(33,5)6)27-37(9,10)25-13-14-26-38(11,12)28-30(2)20-22-34-32(4)18-16-24-36(34,7)8;2*1-6-2-4-7(5-3-6)11(8,9)10/h29-30H,13-28H2,1-12H3;2*2-5H,1H3,(H,8,9,10)/q+2;;/p-2. The van der Waals surface area contributed by atoms with Crippen LogP contribution in [0.5, 0.6) is 0 Å². The second kappa shape index (κ2) is 22.8. The molecule has 60 heavy (non-hydrogen) atoms. The molecule has 0 N–H and O–H groups in total. The minimum atomic E-state index is -4.27. The molecule has 0 spiro atoms. The van der Waals surface area contributed by atoms with E-state index in [-0.39, 0.29) is 9.79 Å². The minimum Gasteiger partial charge on any atom is -0.744 e. The van der Waals surface area contributed by atoms with E-state index in [4.69, 9.17) is 0 Å². The largest absolute Gasteiger partial charge is 0.744 e. The molecule has 0 radical (unpaired) electrons. The van der Waals surface area contributed by atoms with E-state index in [9.17, 15) is 25.9 Å². The smallest absolute Gasteiger partial charge is 0.124 e. The molecule has 2 unspecified atom stereocenters. The average molecular weight is 873 g/mol. The summed E-state index contributed by atoms with van der Waals surface area (Å²) in [4.78, 5) is -0.355. The lowest BCUT2D eigenvalue weighted by atomic mass is 9.71. The van der Waals surface area contributed by atoms with Crippen molar-refractivity contribution in [2.45, 2.75) is 156 Å². The highest BCUT2D eigenvalue weighted by molar-refractivity contribution is 7.86. The summed E-state index contributed by atoms with van der Waals surface area (Å²) in [5.74, 6) is 1.59. The molecule has 10 heteroatoms. The van der Waals surface area contributed by atoms with Crippen LogP contribution in [0.1, 0.15) is 144 Å². The SMILES string of the molecule is CC1=C(CCC(C)C[N+](C)(C)CCCC[N+](C)(C)CC(C)CCC2=C(C)CCCC2(C)C)C(C)(C)CCC1.Cc1ccc(S(=O)(=O)[O-])cc1.Cc1ccc(S(=O)(=O)[O-])cc1. The fourth-order valence-electron chi connectivity index (χ4n) is 9.78. The fourth-order valence-corrected chi connectivity index (χ4v) is 10.7. The van der Waals surface area contributed by atoms with E-state index in [1.165, 1.54) is 136 Å². The zero-order chi connectivity index (χ0) is 45.7. The first kappa shape index (κ1) is 53.8. The lowest BCUT2D eigenvalue weighted by molar-refractivity contribution is -0.900. The van der Waals surface area contributed by atoms with E-state index >= 15 is 0 Å². The van der Waals surface area contributed by atoms with Gasteiger partial charge in [0.05, 0.1) is 64.2 Å². The van der Waals surface area contributed by atoms with Gasteiger partial charge in [-0.15, -0.1) is 0 Å². The van der Waals surface area contributed by atoms with Gasteiger partial charge in [-0.25, -0.2) is 16.8 Å². The van der Waals surface area contributed by atoms with Crippen LogP contribution >= 0.6 is 0 Å². The quantitative estimate of drug-likeness (QED) is 0.0677. The number of unbranched alkanes of at least 4 members (excludes halogenated alkanes) is 1. The van der Waals surface area contributed by atoms with E-state index < -0.39 is 20.2 Å². The van der Waals surface area contributed by atoms with Gasteiger partial charge in [0.25, 0.3) is 0 Å². The highest BCUT2D eigenvalue weighted by Crippen LogP contribution is 2.44. The summed E-state index contributed by atoms with van der Waals surface area (Å²) in [6, 6.07) is 11.6. The molecule has 342 valence electrons. The van der Waals surface area contributed by atoms with Crippen molar-refractivity contribution in [3.63, 3.8) is 0 Å². The Morgan fingerprint density at radius 3 is 1.13 bits per heavy atom. The summed E-state index contributed by atoms with van der Waals surface area (Å²) in [5, 5.41) is 0. The van der Waals surface area contributed by atoms with Gasteiger partial charge >= 0.3 is 0 Å². The van der Waals surface area contributed by atoms with Crippen LogP contribution in [0.15, 0.2) is 80.6 Å². The molecule has 8 nitrogen and oxygen atoms in total. The Kier molecular flexibility index (Phi) is 20.5. The van der Waals surface area contributed by atoms with Crippen LogP contribution in [-0.2, 0) is 20.2 Å². The minimum absolute atomic E-state index is 0.178. The first-order valence-electron chi connectivity index (χ1n) is 22.5. The van der Waals surface area contributed by atoms with Crippen LogP contribution in [0, 0.1) is 36.5 Å². The van der Waals surface area contributed by atoms with Gasteiger partial charge in [0, 0.05) is 24.7 Å². The predicted molar refractivity (Wildman–Crippen MR) is 249 cm³/mol. The van der Waals surface area contributed by atoms with Crippen LogP contribution in [0.3, 0.4) is 0 Å². The Morgan fingerprint density at radius 2 is 0.867 bits per heavy atom. The molecule has 0 heterocycles. The Balaban J connectivity index is 0.000000452. The molecule has 4 rings (SSSR count). The van der Waals surface area contributed by atoms with Crippen LogP contribution in [0.4, 0.5) is 0 Å². The number of rotatable bonds is 17. The molecule has 0 saturated carbocycles. The number of benzene rings is 2. The van der Waals surface area contributed by atoms with E-state index in [1.807, 2.05) is 13.8 Å². The summed E-state index contributed by atoms with van der Waals surface area (Å²) in [6.45, 7) is 28.6. The van der Waals surface area contributed by atoms with Crippen molar-refractivity contribution in [1.29, 1.82) is 0 Å². The first-order valence-corrected chi connectivity index (χ1v) is 25.3. The second-order valence-electron chi connectivity index (χ2n) is 21.2. The third-order valence-corrected chi connectivity index (χ3v) is 14.9. The number of allylic oxidation sites excluding steroid dienone is 4. The first-order chi connectivity index (χ1) is 27.4. The van der Waals surface area contributed by atoms with Crippen molar-refractivity contribution in [3.05, 3.63) is 82.0 Å². The summed E-state index contributed by atoms with van der Waals surface area (Å²) < 4.78 is 64.7. The van der Waals surface area contributed by atoms with E-state index in [0.717, 1.165) is 23.0 Å². The van der Waals surface area contributed by atoms with Crippen molar-refractivity contribution in [2.75, 3.05) is 54.4 Å². The molecule has 0 bridgehead atoms. The van der Waals surface area contributed by atoms with E-state index in [0.29, 0.717) is 10.8 Å². The molecule has 2 atom stereocenters. The van der Waals surface area contributed by atoms with Gasteiger partial charge in [-0.3, -0.25) is 0 Å². The Bertz CT molecular complexity index is 1780. The molecule has 0 saturated heterocycles. The average Bonchev–Trinajstić information content (AvgIpc) is 3.09. The maximum Gasteiger partial charge on any atom is 0.124 e. The zero-order valence-electron chi connectivity index (χ0n) is 40.2. The highest BCUT2D eigenvalue weighted by atomic mass is 32.2. The van der Waals surface area contributed by atoms with Crippen molar-refractivity contribution in [1.82, 2.24) is 0 Å². The third kappa shape index (κ3) is 19.4. The number of quaternary nitrogens is 2. The third-order valence-electron chi connectivity index (χ3n) is 13.2. The number of hydrogen-bond acceptors (Lipinski definition) is 6. The summed E-state index contributed by atoms with van der Waals surface area (Å²) >= 11 is 0.